The molecular weight excluding hydrogens is 283 g/mol. The van der Waals surface area contributed by atoms with Crippen LogP contribution in [-0.2, 0) is 12.0 Å². The summed E-state index contributed by atoms with van der Waals surface area (Å²) in [6.45, 7) is 3.33. The highest BCUT2D eigenvalue weighted by Crippen LogP contribution is 2.21. The zero-order valence-corrected chi connectivity index (χ0v) is 12.2. The van der Waals surface area contributed by atoms with Gasteiger partial charge < -0.3 is 5.11 Å². The van der Waals surface area contributed by atoms with Crippen LogP contribution in [0.3, 0.4) is 0 Å². The maximum Gasteiger partial charge on any atom is 0.222 e. The summed E-state index contributed by atoms with van der Waals surface area (Å²) < 4.78 is 0. The van der Waals surface area contributed by atoms with Gasteiger partial charge in [-0.05, 0) is 49.2 Å². The molecule has 0 unspecified atom stereocenters. The Kier molecular flexibility index (Phi) is 4.09. The number of benzene rings is 1. The largest absolute Gasteiger partial charge is 0.384 e. The lowest BCUT2D eigenvalue weighted by Crippen LogP contribution is -2.18. The third-order valence-corrected chi connectivity index (χ3v) is 3.10. The van der Waals surface area contributed by atoms with Crippen LogP contribution in [0.15, 0.2) is 30.3 Å². The summed E-state index contributed by atoms with van der Waals surface area (Å²) in [6, 6.07) is 9.29. The molecule has 0 aliphatic carbocycles. The van der Waals surface area contributed by atoms with Gasteiger partial charge in [0.25, 0.3) is 0 Å². The predicted octanol–water partition coefficient (Wildman–Crippen LogP) is 3.60. The van der Waals surface area contributed by atoms with Crippen molar-refractivity contribution in [2.75, 3.05) is 0 Å². The molecular formula is C14H14Cl2N2O. The minimum Gasteiger partial charge on any atom is -0.384 e. The Hall–Kier alpha value is -1.16. The van der Waals surface area contributed by atoms with Crippen LogP contribution >= 0.6 is 23.2 Å². The smallest absolute Gasteiger partial charge is 0.222 e. The van der Waals surface area contributed by atoms with E-state index in [-0.39, 0.29) is 5.28 Å². The quantitative estimate of drug-likeness (QED) is 0.880. The maximum absolute atomic E-state index is 9.97. The van der Waals surface area contributed by atoms with Crippen LogP contribution in [0.25, 0.3) is 0 Å². The molecule has 0 bridgehead atoms. The molecule has 1 aromatic carbocycles. The third kappa shape index (κ3) is 3.90. The fourth-order valence-electron chi connectivity index (χ4n) is 1.68. The highest BCUT2D eigenvalue weighted by atomic mass is 35.5. The molecule has 0 saturated carbocycles. The van der Waals surface area contributed by atoms with Gasteiger partial charge >= 0.3 is 0 Å². The fourth-order valence-corrected chi connectivity index (χ4v) is 2.01. The third-order valence-electron chi connectivity index (χ3n) is 2.68. The molecule has 0 atom stereocenters. The van der Waals surface area contributed by atoms with Gasteiger partial charge in [-0.3, -0.25) is 0 Å². The van der Waals surface area contributed by atoms with Crippen molar-refractivity contribution in [2.24, 2.45) is 0 Å². The minimum absolute atomic E-state index is 0.142. The van der Waals surface area contributed by atoms with Gasteiger partial charge in [-0.1, -0.05) is 23.7 Å². The van der Waals surface area contributed by atoms with Gasteiger partial charge in [0, 0.05) is 11.4 Å². The van der Waals surface area contributed by atoms with Crippen molar-refractivity contribution in [3.8, 4) is 0 Å². The first-order valence-electron chi connectivity index (χ1n) is 5.85. The Morgan fingerprint density at radius 2 is 1.74 bits per heavy atom. The average molecular weight is 297 g/mol. The molecule has 0 aliphatic heterocycles. The lowest BCUT2D eigenvalue weighted by Gasteiger charge is -2.17. The summed E-state index contributed by atoms with van der Waals surface area (Å²) in [7, 11) is 0. The number of nitrogens with zero attached hydrogens (tertiary/aromatic N) is 2. The predicted molar refractivity (Wildman–Crippen MR) is 76.5 cm³/mol. The first kappa shape index (κ1) is 14.3. The second-order valence-corrected chi connectivity index (χ2v) is 5.65. The number of aromatic nitrogens is 2. The Balaban J connectivity index is 2.30. The lowest BCUT2D eigenvalue weighted by atomic mass is 10.0. The second kappa shape index (κ2) is 5.45. The second-order valence-electron chi connectivity index (χ2n) is 4.88. The van der Waals surface area contributed by atoms with E-state index in [0.717, 1.165) is 11.3 Å². The summed E-state index contributed by atoms with van der Waals surface area (Å²) in [5.74, 6) is 0. The summed E-state index contributed by atoms with van der Waals surface area (Å²) in [5.41, 5.74) is 1.30. The highest BCUT2D eigenvalue weighted by Gasteiger charge is 2.19. The SMILES string of the molecule is CC(C)(O)c1cc(Cc2ccc(Cl)cc2)nc(Cl)n1. The van der Waals surface area contributed by atoms with Gasteiger partial charge in [0.15, 0.2) is 0 Å². The molecule has 0 spiro atoms. The number of halogens is 2. The van der Waals surface area contributed by atoms with Crippen molar-refractivity contribution in [3.05, 3.63) is 57.6 Å². The van der Waals surface area contributed by atoms with Crippen LogP contribution in [-0.4, -0.2) is 15.1 Å². The van der Waals surface area contributed by atoms with Crippen LogP contribution in [0.2, 0.25) is 10.3 Å². The number of aliphatic hydroxyl groups is 1. The van der Waals surface area contributed by atoms with E-state index < -0.39 is 5.60 Å². The van der Waals surface area contributed by atoms with Gasteiger partial charge in [-0.25, -0.2) is 9.97 Å². The number of hydrogen-bond acceptors (Lipinski definition) is 3. The van der Waals surface area contributed by atoms with E-state index in [1.165, 1.54) is 0 Å². The van der Waals surface area contributed by atoms with Crippen LogP contribution < -0.4 is 0 Å². The number of rotatable bonds is 3. The monoisotopic (exact) mass is 296 g/mol. The molecule has 19 heavy (non-hydrogen) atoms. The Bertz CT molecular complexity index is 577. The topological polar surface area (TPSA) is 46.0 Å². The molecule has 5 heteroatoms. The zero-order chi connectivity index (χ0) is 14.0. The average Bonchev–Trinajstić information content (AvgIpc) is 2.30. The summed E-state index contributed by atoms with van der Waals surface area (Å²) in [4.78, 5) is 8.22. The van der Waals surface area contributed by atoms with Gasteiger partial charge in [0.1, 0.15) is 5.60 Å². The van der Waals surface area contributed by atoms with Gasteiger partial charge in [-0.15, -0.1) is 0 Å². The molecule has 2 aromatic rings. The van der Waals surface area contributed by atoms with Crippen molar-refractivity contribution >= 4 is 23.2 Å². The van der Waals surface area contributed by atoms with E-state index in [1.807, 2.05) is 24.3 Å². The first-order chi connectivity index (χ1) is 8.84. The van der Waals surface area contributed by atoms with Crippen molar-refractivity contribution < 1.29 is 5.11 Å². The lowest BCUT2D eigenvalue weighted by molar-refractivity contribution is 0.0736. The molecule has 3 nitrogen and oxygen atoms in total. The molecule has 0 saturated heterocycles. The van der Waals surface area contributed by atoms with Crippen molar-refractivity contribution in [2.45, 2.75) is 25.9 Å². The molecule has 0 aliphatic rings. The van der Waals surface area contributed by atoms with Crippen LogP contribution in [0.5, 0.6) is 0 Å². The van der Waals surface area contributed by atoms with Gasteiger partial charge in [0.05, 0.1) is 11.4 Å². The molecule has 1 aromatic heterocycles. The Morgan fingerprint density at radius 3 is 2.32 bits per heavy atom. The summed E-state index contributed by atoms with van der Waals surface area (Å²) in [5, 5.41) is 10.8. The van der Waals surface area contributed by atoms with Crippen molar-refractivity contribution in [1.82, 2.24) is 9.97 Å². The molecule has 1 heterocycles. The molecule has 0 radical (unpaired) electrons. The fraction of sp³-hybridized carbons (Fsp3) is 0.286. The molecule has 0 amide bonds. The minimum atomic E-state index is -1.04. The van der Waals surface area contributed by atoms with Crippen molar-refractivity contribution in [1.29, 1.82) is 0 Å². The van der Waals surface area contributed by atoms with E-state index in [9.17, 15) is 5.11 Å². The van der Waals surface area contributed by atoms with E-state index in [1.54, 1.807) is 19.9 Å². The molecule has 100 valence electrons. The summed E-state index contributed by atoms with van der Waals surface area (Å²) in [6.07, 6.45) is 0.614. The first-order valence-corrected chi connectivity index (χ1v) is 6.61. The van der Waals surface area contributed by atoms with Crippen LogP contribution in [0, 0.1) is 0 Å². The van der Waals surface area contributed by atoms with E-state index >= 15 is 0 Å². The normalized spacial score (nSPS) is 11.6. The van der Waals surface area contributed by atoms with E-state index in [2.05, 4.69) is 9.97 Å². The molecule has 0 fully saturated rings. The summed E-state index contributed by atoms with van der Waals surface area (Å²) >= 11 is 11.7. The Labute approximate surface area is 122 Å². The highest BCUT2D eigenvalue weighted by molar-refractivity contribution is 6.30. The zero-order valence-electron chi connectivity index (χ0n) is 10.7. The molecule has 1 N–H and O–H groups in total. The molecule has 2 rings (SSSR count). The van der Waals surface area contributed by atoms with Gasteiger partial charge in [0.2, 0.25) is 5.28 Å². The Morgan fingerprint density at radius 1 is 1.11 bits per heavy atom. The van der Waals surface area contributed by atoms with Crippen LogP contribution in [0.1, 0.15) is 30.8 Å². The van der Waals surface area contributed by atoms with E-state index in [4.69, 9.17) is 23.2 Å². The van der Waals surface area contributed by atoms with Crippen LogP contribution in [0.4, 0.5) is 0 Å². The maximum atomic E-state index is 9.97. The van der Waals surface area contributed by atoms with Crippen molar-refractivity contribution in [3.63, 3.8) is 0 Å². The number of hydrogen-bond donors (Lipinski definition) is 1. The van der Waals surface area contributed by atoms with Gasteiger partial charge in [-0.2, -0.15) is 0 Å². The van der Waals surface area contributed by atoms with E-state index in [0.29, 0.717) is 17.1 Å². The standard InChI is InChI=1S/C14H14Cl2N2O/c1-14(2,19)12-8-11(17-13(16)18-12)7-9-3-5-10(15)6-4-9/h3-6,8,19H,7H2,1-2H3.